The predicted molar refractivity (Wildman–Crippen MR) is 92.3 cm³/mol. The molecule has 0 aliphatic rings. The molecule has 2 rings (SSSR count). The van der Waals surface area contributed by atoms with E-state index in [0.717, 1.165) is 12.3 Å². The Kier molecular flexibility index (Phi) is 5.86. The first kappa shape index (κ1) is 15.3. The molecule has 1 N–H and O–H groups in total. The van der Waals surface area contributed by atoms with Gasteiger partial charge in [0.05, 0.1) is 12.6 Å². The van der Waals surface area contributed by atoms with Crippen LogP contribution in [0.3, 0.4) is 0 Å². The van der Waals surface area contributed by atoms with E-state index >= 15 is 0 Å². The zero-order valence-electron chi connectivity index (χ0n) is 11.9. The lowest BCUT2D eigenvalue weighted by Crippen LogP contribution is -2.23. The van der Waals surface area contributed by atoms with Gasteiger partial charge in [-0.05, 0) is 53.8 Å². The van der Waals surface area contributed by atoms with Crippen molar-refractivity contribution in [2.45, 2.75) is 19.9 Å². The van der Waals surface area contributed by atoms with Gasteiger partial charge >= 0.3 is 0 Å². The standard InChI is InChI=1S/C17H20INO/c1-3-19-17(13-9-5-7-11-15(13)18)14-10-6-8-12-16(14)20-4-2/h5-12,17,19H,3-4H2,1-2H3. The fourth-order valence-corrected chi connectivity index (χ4v) is 3.01. The highest BCUT2D eigenvalue weighted by atomic mass is 127. The number of ether oxygens (including phenoxy) is 1. The van der Waals surface area contributed by atoms with E-state index < -0.39 is 0 Å². The molecule has 20 heavy (non-hydrogen) atoms. The van der Waals surface area contributed by atoms with E-state index in [2.05, 4.69) is 71.2 Å². The number of para-hydroxylation sites is 1. The smallest absolute Gasteiger partial charge is 0.124 e. The molecule has 0 amide bonds. The molecule has 0 aliphatic carbocycles. The van der Waals surface area contributed by atoms with Crippen molar-refractivity contribution in [2.75, 3.05) is 13.2 Å². The minimum atomic E-state index is 0.163. The largest absolute Gasteiger partial charge is 0.494 e. The summed E-state index contributed by atoms with van der Waals surface area (Å²) in [5.74, 6) is 0.959. The quantitative estimate of drug-likeness (QED) is 0.750. The summed E-state index contributed by atoms with van der Waals surface area (Å²) < 4.78 is 7.05. The molecule has 0 bridgehead atoms. The Morgan fingerprint density at radius 1 is 1.00 bits per heavy atom. The zero-order chi connectivity index (χ0) is 14.4. The molecule has 2 aromatic rings. The second-order valence-corrected chi connectivity index (χ2v) is 5.65. The SMILES string of the molecule is CCNC(c1ccccc1I)c1ccccc1OCC. The topological polar surface area (TPSA) is 21.3 Å². The van der Waals surface area contributed by atoms with Crippen molar-refractivity contribution >= 4 is 22.6 Å². The Labute approximate surface area is 134 Å². The third kappa shape index (κ3) is 3.52. The summed E-state index contributed by atoms with van der Waals surface area (Å²) in [5.41, 5.74) is 2.49. The Hall–Kier alpha value is -1.07. The maximum atomic E-state index is 5.78. The number of benzene rings is 2. The van der Waals surface area contributed by atoms with Gasteiger partial charge in [0, 0.05) is 9.13 Å². The highest BCUT2D eigenvalue weighted by Crippen LogP contribution is 2.32. The fourth-order valence-electron chi connectivity index (χ4n) is 2.31. The van der Waals surface area contributed by atoms with Crippen LogP contribution in [0.5, 0.6) is 5.75 Å². The van der Waals surface area contributed by atoms with Crippen molar-refractivity contribution in [2.24, 2.45) is 0 Å². The number of hydrogen-bond donors (Lipinski definition) is 1. The number of hydrogen-bond acceptors (Lipinski definition) is 2. The van der Waals surface area contributed by atoms with E-state index in [9.17, 15) is 0 Å². The van der Waals surface area contributed by atoms with Gasteiger partial charge in [-0.3, -0.25) is 0 Å². The molecular formula is C17H20INO. The molecule has 0 aliphatic heterocycles. The summed E-state index contributed by atoms with van der Waals surface area (Å²) in [6.45, 7) is 5.75. The summed E-state index contributed by atoms with van der Waals surface area (Å²) in [6.07, 6.45) is 0. The normalized spacial score (nSPS) is 12.2. The molecule has 106 valence electrons. The molecule has 0 radical (unpaired) electrons. The van der Waals surface area contributed by atoms with Gasteiger partial charge in [0.15, 0.2) is 0 Å². The first-order valence-corrected chi connectivity index (χ1v) is 8.05. The Morgan fingerprint density at radius 2 is 1.65 bits per heavy atom. The second-order valence-electron chi connectivity index (χ2n) is 4.48. The molecule has 0 saturated heterocycles. The third-order valence-corrected chi connectivity index (χ3v) is 4.14. The molecule has 0 aromatic heterocycles. The Bertz CT molecular complexity index is 556. The molecule has 0 saturated carbocycles. The first-order valence-electron chi connectivity index (χ1n) is 6.97. The molecule has 0 heterocycles. The van der Waals surface area contributed by atoms with Gasteiger partial charge in [-0.2, -0.15) is 0 Å². The summed E-state index contributed by atoms with van der Waals surface area (Å²) in [4.78, 5) is 0. The van der Waals surface area contributed by atoms with Crippen molar-refractivity contribution in [3.63, 3.8) is 0 Å². The monoisotopic (exact) mass is 381 g/mol. The van der Waals surface area contributed by atoms with Crippen LogP contribution < -0.4 is 10.1 Å². The molecule has 2 aromatic carbocycles. The maximum Gasteiger partial charge on any atom is 0.124 e. The lowest BCUT2D eigenvalue weighted by molar-refractivity contribution is 0.333. The molecule has 0 spiro atoms. The van der Waals surface area contributed by atoms with E-state index in [1.165, 1.54) is 14.7 Å². The molecule has 2 nitrogen and oxygen atoms in total. The predicted octanol–water partition coefficient (Wildman–Crippen LogP) is 4.39. The van der Waals surface area contributed by atoms with E-state index in [1.54, 1.807) is 0 Å². The minimum absolute atomic E-state index is 0.163. The van der Waals surface area contributed by atoms with Gasteiger partial charge in [0.25, 0.3) is 0 Å². The van der Waals surface area contributed by atoms with Crippen LogP contribution in [0, 0.1) is 3.57 Å². The van der Waals surface area contributed by atoms with Crippen molar-refractivity contribution in [3.8, 4) is 5.75 Å². The van der Waals surface area contributed by atoms with E-state index in [0.29, 0.717) is 6.61 Å². The van der Waals surface area contributed by atoms with Gasteiger partial charge in [-0.15, -0.1) is 0 Å². The van der Waals surface area contributed by atoms with E-state index in [4.69, 9.17) is 4.74 Å². The average Bonchev–Trinajstić information content (AvgIpc) is 2.47. The average molecular weight is 381 g/mol. The van der Waals surface area contributed by atoms with Crippen LogP contribution in [0.25, 0.3) is 0 Å². The van der Waals surface area contributed by atoms with Gasteiger partial charge in [-0.1, -0.05) is 43.3 Å². The third-order valence-electron chi connectivity index (χ3n) is 3.15. The highest BCUT2D eigenvalue weighted by molar-refractivity contribution is 14.1. The number of halogens is 1. The minimum Gasteiger partial charge on any atom is -0.494 e. The van der Waals surface area contributed by atoms with Crippen molar-refractivity contribution in [1.29, 1.82) is 0 Å². The second kappa shape index (κ2) is 7.64. The Morgan fingerprint density at radius 3 is 2.30 bits per heavy atom. The molecule has 1 atom stereocenters. The highest BCUT2D eigenvalue weighted by Gasteiger charge is 2.18. The Balaban J connectivity index is 2.46. The molecular weight excluding hydrogens is 361 g/mol. The van der Waals surface area contributed by atoms with Crippen LogP contribution in [0.1, 0.15) is 31.0 Å². The van der Waals surface area contributed by atoms with Crippen LogP contribution in [0.4, 0.5) is 0 Å². The van der Waals surface area contributed by atoms with E-state index in [1.807, 2.05) is 19.1 Å². The lowest BCUT2D eigenvalue weighted by atomic mass is 9.98. The first-order chi connectivity index (χ1) is 9.77. The van der Waals surface area contributed by atoms with Gasteiger partial charge in [0.2, 0.25) is 0 Å². The van der Waals surface area contributed by atoms with Crippen molar-refractivity contribution in [3.05, 3.63) is 63.2 Å². The molecule has 0 fully saturated rings. The van der Waals surface area contributed by atoms with Crippen LogP contribution in [-0.2, 0) is 0 Å². The van der Waals surface area contributed by atoms with Crippen molar-refractivity contribution < 1.29 is 4.74 Å². The summed E-state index contributed by atoms with van der Waals surface area (Å²) in [6, 6.07) is 16.9. The number of nitrogens with one attached hydrogen (secondary N) is 1. The van der Waals surface area contributed by atoms with Gasteiger partial charge in [0.1, 0.15) is 5.75 Å². The number of rotatable bonds is 6. The van der Waals surface area contributed by atoms with Crippen molar-refractivity contribution in [1.82, 2.24) is 5.32 Å². The molecule has 3 heteroatoms. The van der Waals surface area contributed by atoms with Crippen LogP contribution in [-0.4, -0.2) is 13.2 Å². The van der Waals surface area contributed by atoms with Gasteiger partial charge in [-0.25, -0.2) is 0 Å². The zero-order valence-corrected chi connectivity index (χ0v) is 14.1. The molecule has 1 unspecified atom stereocenters. The maximum absolute atomic E-state index is 5.78. The summed E-state index contributed by atoms with van der Waals surface area (Å²) in [5, 5.41) is 3.57. The van der Waals surface area contributed by atoms with Crippen LogP contribution in [0.15, 0.2) is 48.5 Å². The summed E-state index contributed by atoms with van der Waals surface area (Å²) >= 11 is 2.39. The van der Waals surface area contributed by atoms with Gasteiger partial charge < -0.3 is 10.1 Å². The summed E-state index contributed by atoms with van der Waals surface area (Å²) in [7, 11) is 0. The van der Waals surface area contributed by atoms with E-state index in [-0.39, 0.29) is 6.04 Å². The fraction of sp³-hybridized carbons (Fsp3) is 0.294. The van der Waals surface area contributed by atoms with Crippen LogP contribution in [0.2, 0.25) is 0 Å². The van der Waals surface area contributed by atoms with Crippen LogP contribution >= 0.6 is 22.6 Å². The lowest BCUT2D eigenvalue weighted by Gasteiger charge is -2.22.